The van der Waals surface area contributed by atoms with E-state index < -0.39 is 10.8 Å². The maximum Gasteiger partial charge on any atom is 0.293 e. The summed E-state index contributed by atoms with van der Waals surface area (Å²) < 4.78 is 5.81. The van der Waals surface area contributed by atoms with Gasteiger partial charge in [-0.25, -0.2) is 4.98 Å². The maximum atomic E-state index is 12.7. The molecule has 2 heterocycles. The number of benzene rings is 3. The van der Waals surface area contributed by atoms with Gasteiger partial charge in [0.2, 0.25) is 5.89 Å². The topological polar surface area (TPSA) is 114 Å². The van der Waals surface area contributed by atoms with Gasteiger partial charge in [-0.2, -0.15) is 0 Å². The van der Waals surface area contributed by atoms with E-state index in [2.05, 4.69) is 15.6 Å². The van der Waals surface area contributed by atoms with E-state index in [-0.39, 0.29) is 16.4 Å². The van der Waals surface area contributed by atoms with Gasteiger partial charge in [0.05, 0.1) is 4.92 Å². The highest BCUT2D eigenvalue weighted by Crippen LogP contribution is 2.32. The third-order valence-corrected chi connectivity index (χ3v) is 5.97. The first kappa shape index (κ1) is 22.5. The van der Waals surface area contributed by atoms with Crippen molar-refractivity contribution < 1.29 is 14.1 Å². The van der Waals surface area contributed by atoms with Gasteiger partial charge in [-0.15, -0.1) is 0 Å². The van der Waals surface area contributed by atoms with Crippen LogP contribution < -0.4 is 15.5 Å². The number of hydrogen-bond acceptors (Lipinski definition) is 7. The number of nitro groups is 1. The molecule has 9 nitrogen and oxygen atoms in total. The molecule has 0 aliphatic carbocycles. The molecule has 0 spiro atoms. The Hall–Kier alpha value is -4.31. The zero-order valence-corrected chi connectivity index (χ0v) is 19.4. The molecule has 1 aromatic heterocycles. The molecule has 1 aliphatic heterocycles. The van der Waals surface area contributed by atoms with Crippen LogP contribution >= 0.6 is 12.2 Å². The largest absolute Gasteiger partial charge is 0.436 e. The Bertz CT molecular complexity index is 1410. The van der Waals surface area contributed by atoms with Gasteiger partial charge in [0.15, 0.2) is 10.7 Å². The quantitative estimate of drug-likeness (QED) is 0.226. The molecular weight excluding hydrogens is 466 g/mol. The standard InChI is InChI=1S/C25H21N5O4S/c31-23(16-10-11-20(21(15-16)30(32)33)29-12-3-4-13-29)28-25(35)26-18-7-5-6-17(14-18)24-27-19-8-1-2-9-22(19)34-24/h1-2,5-11,14-15H,3-4,12-13H2,(H2,26,28,31,35). The van der Waals surface area contributed by atoms with Crippen molar-refractivity contribution in [3.8, 4) is 11.5 Å². The summed E-state index contributed by atoms with van der Waals surface area (Å²) in [6.07, 6.45) is 1.99. The monoisotopic (exact) mass is 487 g/mol. The fraction of sp³-hybridized carbons (Fsp3) is 0.160. The van der Waals surface area contributed by atoms with Crippen LogP contribution in [0.25, 0.3) is 22.6 Å². The number of rotatable bonds is 5. The molecule has 176 valence electrons. The molecule has 1 saturated heterocycles. The second-order valence-corrected chi connectivity index (χ2v) is 8.54. The van der Waals surface area contributed by atoms with Crippen molar-refractivity contribution >= 4 is 51.4 Å². The minimum Gasteiger partial charge on any atom is -0.436 e. The Balaban J connectivity index is 1.29. The average molecular weight is 488 g/mol. The Kier molecular flexibility index (Phi) is 6.11. The molecule has 5 rings (SSSR count). The van der Waals surface area contributed by atoms with Gasteiger partial charge >= 0.3 is 0 Å². The summed E-state index contributed by atoms with van der Waals surface area (Å²) in [7, 11) is 0. The number of hydrogen-bond donors (Lipinski definition) is 2. The van der Waals surface area contributed by atoms with Crippen LogP contribution in [0.5, 0.6) is 0 Å². The van der Waals surface area contributed by atoms with Gasteiger partial charge in [0, 0.05) is 36.0 Å². The molecule has 35 heavy (non-hydrogen) atoms. The molecule has 1 aliphatic rings. The summed E-state index contributed by atoms with van der Waals surface area (Å²) in [5.74, 6) is -0.0658. The molecule has 3 aromatic carbocycles. The maximum absolute atomic E-state index is 12.7. The van der Waals surface area contributed by atoms with Gasteiger partial charge in [-0.05, 0) is 67.5 Å². The molecule has 0 atom stereocenters. The Morgan fingerprint density at radius 2 is 1.86 bits per heavy atom. The number of aromatic nitrogens is 1. The number of oxazole rings is 1. The highest BCUT2D eigenvalue weighted by Gasteiger charge is 2.24. The van der Waals surface area contributed by atoms with E-state index in [1.54, 1.807) is 24.3 Å². The Labute approximate surface area is 205 Å². The van der Waals surface area contributed by atoms with Crippen LogP contribution in [0.15, 0.2) is 71.1 Å². The summed E-state index contributed by atoms with van der Waals surface area (Å²) in [5, 5.41) is 17.2. The summed E-state index contributed by atoms with van der Waals surface area (Å²) in [5.41, 5.74) is 3.41. The van der Waals surface area contributed by atoms with Crippen molar-refractivity contribution in [3.05, 3.63) is 82.4 Å². The number of nitrogens with one attached hydrogen (secondary N) is 2. The molecule has 10 heteroatoms. The van der Waals surface area contributed by atoms with E-state index in [4.69, 9.17) is 16.6 Å². The number of thiocarbonyl (C=S) groups is 1. The van der Waals surface area contributed by atoms with E-state index in [9.17, 15) is 14.9 Å². The zero-order valence-electron chi connectivity index (χ0n) is 18.6. The lowest BCUT2D eigenvalue weighted by Gasteiger charge is -2.18. The summed E-state index contributed by atoms with van der Waals surface area (Å²) in [6.45, 7) is 1.53. The van der Waals surface area contributed by atoms with Crippen LogP contribution in [-0.4, -0.2) is 34.0 Å². The third-order valence-electron chi connectivity index (χ3n) is 5.77. The second-order valence-electron chi connectivity index (χ2n) is 8.13. The first-order valence-corrected chi connectivity index (χ1v) is 11.5. The fourth-order valence-electron chi connectivity index (χ4n) is 4.10. The summed E-state index contributed by atoms with van der Waals surface area (Å²) in [4.78, 5) is 30.4. The highest BCUT2D eigenvalue weighted by molar-refractivity contribution is 7.80. The smallest absolute Gasteiger partial charge is 0.293 e. The normalized spacial score (nSPS) is 13.1. The number of fused-ring (bicyclic) bond motifs is 1. The van der Waals surface area contributed by atoms with Crippen LogP contribution in [0.3, 0.4) is 0 Å². The number of carbonyl (C=O) groups excluding carboxylic acids is 1. The highest BCUT2D eigenvalue weighted by atomic mass is 32.1. The molecule has 4 aromatic rings. The summed E-state index contributed by atoms with van der Waals surface area (Å²) in [6, 6.07) is 19.3. The lowest BCUT2D eigenvalue weighted by Crippen LogP contribution is -2.34. The van der Waals surface area contributed by atoms with Crippen LogP contribution in [0, 0.1) is 10.1 Å². The van der Waals surface area contributed by atoms with Crippen molar-refractivity contribution in [1.82, 2.24) is 10.3 Å². The predicted octanol–water partition coefficient (Wildman–Crippen LogP) is 5.13. The number of nitro benzene ring substituents is 1. The minimum absolute atomic E-state index is 0.0657. The number of nitrogens with zero attached hydrogens (tertiary/aromatic N) is 3. The SMILES string of the molecule is O=C(NC(=S)Nc1cccc(-c2nc3ccccc3o2)c1)c1ccc(N2CCCC2)c([N+](=O)[O-])c1. The van der Waals surface area contributed by atoms with Gasteiger partial charge in [-0.3, -0.25) is 20.2 Å². The lowest BCUT2D eigenvalue weighted by atomic mass is 10.1. The molecule has 0 bridgehead atoms. The Morgan fingerprint density at radius 1 is 1.06 bits per heavy atom. The molecule has 1 fully saturated rings. The van der Waals surface area contributed by atoms with Crippen LogP contribution in [0.4, 0.5) is 17.1 Å². The number of carbonyl (C=O) groups is 1. The molecule has 0 saturated carbocycles. The third kappa shape index (κ3) is 4.82. The molecule has 2 N–H and O–H groups in total. The average Bonchev–Trinajstić information content (AvgIpc) is 3.54. The molecule has 0 unspecified atom stereocenters. The first-order valence-electron chi connectivity index (χ1n) is 11.1. The number of anilines is 2. The predicted molar refractivity (Wildman–Crippen MR) is 138 cm³/mol. The van der Waals surface area contributed by atoms with Crippen molar-refractivity contribution in [2.24, 2.45) is 0 Å². The molecule has 0 radical (unpaired) electrons. The van der Waals surface area contributed by atoms with E-state index in [0.717, 1.165) is 37.0 Å². The van der Waals surface area contributed by atoms with Gasteiger partial charge in [0.25, 0.3) is 11.6 Å². The van der Waals surface area contributed by atoms with Crippen LogP contribution in [0.1, 0.15) is 23.2 Å². The van der Waals surface area contributed by atoms with E-state index >= 15 is 0 Å². The van der Waals surface area contributed by atoms with Crippen molar-refractivity contribution in [2.75, 3.05) is 23.3 Å². The fourth-order valence-corrected chi connectivity index (χ4v) is 4.31. The van der Waals surface area contributed by atoms with E-state index in [0.29, 0.717) is 22.8 Å². The first-order chi connectivity index (χ1) is 17.0. The van der Waals surface area contributed by atoms with E-state index in [1.807, 2.05) is 41.3 Å². The van der Waals surface area contributed by atoms with Crippen LogP contribution in [0.2, 0.25) is 0 Å². The number of amides is 1. The lowest BCUT2D eigenvalue weighted by molar-refractivity contribution is -0.384. The van der Waals surface area contributed by atoms with Gasteiger partial charge in [0.1, 0.15) is 11.2 Å². The van der Waals surface area contributed by atoms with Crippen molar-refractivity contribution in [3.63, 3.8) is 0 Å². The van der Waals surface area contributed by atoms with Gasteiger partial charge in [-0.1, -0.05) is 18.2 Å². The van der Waals surface area contributed by atoms with Crippen molar-refractivity contribution in [1.29, 1.82) is 0 Å². The Morgan fingerprint density at radius 3 is 2.63 bits per heavy atom. The molecule has 1 amide bonds. The zero-order chi connectivity index (χ0) is 24.4. The summed E-state index contributed by atoms with van der Waals surface area (Å²) >= 11 is 5.30. The van der Waals surface area contributed by atoms with E-state index in [1.165, 1.54) is 6.07 Å². The van der Waals surface area contributed by atoms with Gasteiger partial charge < -0.3 is 14.6 Å². The van der Waals surface area contributed by atoms with Crippen molar-refractivity contribution in [2.45, 2.75) is 12.8 Å². The minimum atomic E-state index is -0.534. The van der Waals surface area contributed by atoms with Crippen LogP contribution in [-0.2, 0) is 0 Å². The second kappa shape index (κ2) is 9.51. The number of para-hydroxylation sites is 2. The molecular formula is C25H21N5O4S.